The second-order valence-electron chi connectivity index (χ2n) is 3.57. The molecule has 0 fully saturated rings. The monoisotopic (exact) mass is 387 g/mol. The first-order chi connectivity index (χ1) is 8.58. The van der Waals surface area contributed by atoms with Crippen molar-refractivity contribution in [3.63, 3.8) is 0 Å². The second kappa shape index (κ2) is 5.87. The number of amides is 1. The van der Waals surface area contributed by atoms with Crippen molar-refractivity contribution in [1.82, 2.24) is 0 Å². The Labute approximate surface area is 127 Å². The number of hydrogen-bond donors (Lipinski definition) is 1. The molecule has 2 aromatic carbocycles. The lowest BCUT2D eigenvalue weighted by atomic mass is 10.2. The van der Waals surface area contributed by atoms with Crippen LogP contribution in [0.4, 0.5) is 5.69 Å². The Morgan fingerprint density at radius 3 is 2.56 bits per heavy atom. The molecule has 2 rings (SSSR count). The molecule has 0 unspecified atom stereocenters. The molecule has 0 heterocycles. The van der Waals surface area contributed by atoms with Gasteiger partial charge in [0.2, 0.25) is 0 Å². The van der Waals surface area contributed by atoms with E-state index in [1.165, 1.54) is 0 Å². The number of hydrogen-bond acceptors (Lipinski definition) is 1. The van der Waals surface area contributed by atoms with Crippen molar-refractivity contribution < 1.29 is 4.79 Å². The van der Waals surface area contributed by atoms with Gasteiger partial charge in [-0.1, -0.05) is 39.7 Å². The van der Waals surface area contributed by atoms with Crippen LogP contribution in [0.3, 0.4) is 0 Å². The van der Waals surface area contributed by atoms with Crippen LogP contribution in [0.5, 0.6) is 0 Å². The molecule has 0 aliphatic carbocycles. The fourth-order valence-electron chi connectivity index (χ4n) is 1.42. The molecule has 1 amide bonds. The van der Waals surface area contributed by atoms with Gasteiger partial charge in [-0.3, -0.25) is 4.79 Å². The average Bonchev–Trinajstić information content (AvgIpc) is 2.35. The van der Waals surface area contributed by atoms with Crippen LogP contribution in [0.1, 0.15) is 10.4 Å². The van der Waals surface area contributed by atoms with Gasteiger partial charge in [0.15, 0.2) is 0 Å². The maximum Gasteiger partial charge on any atom is 0.255 e. The van der Waals surface area contributed by atoms with Crippen LogP contribution in [-0.4, -0.2) is 5.91 Å². The quantitative estimate of drug-likeness (QED) is 0.759. The summed E-state index contributed by atoms with van der Waals surface area (Å²) in [6.07, 6.45) is 0. The van der Waals surface area contributed by atoms with Gasteiger partial charge in [-0.05, 0) is 46.3 Å². The van der Waals surface area contributed by atoms with E-state index in [0.717, 1.165) is 4.47 Å². The SMILES string of the molecule is O=C(Nc1cccc(Cl)c1Br)c1cccc(Br)c1. The van der Waals surface area contributed by atoms with Crippen LogP contribution in [0.15, 0.2) is 51.4 Å². The van der Waals surface area contributed by atoms with Gasteiger partial charge in [-0.15, -0.1) is 0 Å². The fraction of sp³-hybridized carbons (Fsp3) is 0. The summed E-state index contributed by atoms with van der Waals surface area (Å²) in [5, 5.41) is 3.36. The predicted molar refractivity (Wildman–Crippen MR) is 81.2 cm³/mol. The Morgan fingerprint density at radius 1 is 1.11 bits per heavy atom. The molecule has 0 aliphatic rings. The lowest BCUT2D eigenvalue weighted by Crippen LogP contribution is -2.12. The van der Waals surface area contributed by atoms with E-state index < -0.39 is 0 Å². The third kappa shape index (κ3) is 3.13. The van der Waals surface area contributed by atoms with Crippen LogP contribution in [0.25, 0.3) is 0 Å². The van der Waals surface area contributed by atoms with Crippen LogP contribution in [0.2, 0.25) is 5.02 Å². The molecule has 0 radical (unpaired) electrons. The van der Waals surface area contributed by atoms with Gasteiger partial charge in [0.25, 0.3) is 5.91 Å². The van der Waals surface area contributed by atoms with E-state index in [-0.39, 0.29) is 5.91 Å². The van der Waals surface area contributed by atoms with E-state index in [9.17, 15) is 4.79 Å². The molecular weight excluding hydrogens is 381 g/mol. The summed E-state index contributed by atoms with van der Waals surface area (Å²) in [4.78, 5) is 12.0. The van der Waals surface area contributed by atoms with Gasteiger partial charge in [-0.25, -0.2) is 0 Å². The van der Waals surface area contributed by atoms with Crippen molar-refractivity contribution in [1.29, 1.82) is 0 Å². The maximum atomic E-state index is 12.0. The van der Waals surface area contributed by atoms with Crippen LogP contribution in [0, 0.1) is 0 Å². The molecule has 5 heteroatoms. The zero-order valence-corrected chi connectivity index (χ0v) is 13.0. The van der Waals surface area contributed by atoms with Gasteiger partial charge in [0.05, 0.1) is 15.2 Å². The molecule has 0 bridgehead atoms. The summed E-state index contributed by atoms with van der Waals surface area (Å²) >= 11 is 12.6. The van der Waals surface area contributed by atoms with E-state index in [2.05, 4.69) is 37.2 Å². The van der Waals surface area contributed by atoms with E-state index >= 15 is 0 Å². The van der Waals surface area contributed by atoms with Gasteiger partial charge < -0.3 is 5.32 Å². The second-order valence-corrected chi connectivity index (χ2v) is 5.68. The first kappa shape index (κ1) is 13.6. The van der Waals surface area contributed by atoms with Gasteiger partial charge in [0, 0.05) is 10.0 Å². The third-order valence-electron chi connectivity index (χ3n) is 2.29. The Balaban J connectivity index is 2.24. The summed E-state index contributed by atoms with van der Waals surface area (Å²) in [6, 6.07) is 12.5. The lowest BCUT2D eigenvalue weighted by molar-refractivity contribution is 0.102. The van der Waals surface area contributed by atoms with E-state index in [0.29, 0.717) is 20.7 Å². The molecule has 2 aromatic rings. The number of nitrogens with one attached hydrogen (secondary N) is 1. The zero-order chi connectivity index (χ0) is 13.1. The normalized spacial score (nSPS) is 10.2. The topological polar surface area (TPSA) is 29.1 Å². The summed E-state index contributed by atoms with van der Waals surface area (Å²) < 4.78 is 1.54. The highest BCUT2D eigenvalue weighted by Gasteiger charge is 2.09. The molecule has 0 saturated carbocycles. The smallest absolute Gasteiger partial charge is 0.255 e. The number of rotatable bonds is 2. The average molecular weight is 389 g/mol. The third-order valence-corrected chi connectivity index (χ3v) is 4.18. The van der Waals surface area contributed by atoms with Crippen LogP contribution < -0.4 is 5.32 Å². The Bertz CT molecular complexity index is 601. The zero-order valence-electron chi connectivity index (χ0n) is 9.08. The summed E-state index contributed by atoms with van der Waals surface area (Å²) in [5.74, 6) is -0.181. The molecule has 2 nitrogen and oxygen atoms in total. The minimum Gasteiger partial charge on any atom is -0.321 e. The highest BCUT2D eigenvalue weighted by molar-refractivity contribution is 9.11. The highest BCUT2D eigenvalue weighted by atomic mass is 79.9. The molecule has 0 aliphatic heterocycles. The summed E-state index contributed by atoms with van der Waals surface area (Å²) in [7, 11) is 0. The van der Waals surface area contributed by atoms with Gasteiger partial charge >= 0.3 is 0 Å². The fourth-order valence-corrected chi connectivity index (χ4v) is 2.36. The lowest BCUT2D eigenvalue weighted by Gasteiger charge is -2.08. The van der Waals surface area contributed by atoms with Gasteiger partial charge in [-0.2, -0.15) is 0 Å². The number of benzene rings is 2. The summed E-state index contributed by atoms with van der Waals surface area (Å²) in [5.41, 5.74) is 1.23. The van der Waals surface area contributed by atoms with E-state index in [1.807, 2.05) is 12.1 Å². The number of carbonyl (C=O) groups excluding carboxylic acids is 1. The van der Waals surface area contributed by atoms with Crippen LogP contribution >= 0.6 is 43.5 Å². The number of halogens is 3. The maximum absolute atomic E-state index is 12.0. The molecule has 0 atom stereocenters. The van der Waals surface area contributed by atoms with Crippen molar-refractivity contribution in [3.05, 3.63) is 62.0 Å². The minimum atomic E-state index is -0.181. The van der Waals surface area contributed by atoms with Crippen molar-refractivity contribution in [3.8, 4) is 0 Å². The van der Waals surface area contributed by atoms with Crippen molar-refractivity contribution in [2.24, 2.45) is 0 Å². The van der Waals surface area contributed by atoms with Crippen molar-refractivity contribution in [2.75, 3.05) is 5.32 Å². The molecule has 1 N–H and O–H groups in total. The van der Waals surface area contributed by atoms with Crippen molar-refractivity contribution >= 4 is 55.1 Å². The predicted octanol–water partition coefficient (Wildman–Crippen LogP) is 5.12. The van der Waals surface area contributed by atoms with Gasteiger partial charge in [0.1, 0.15) is 0 Å². The molecule has 0 aromatic heterocycles. The summed E-state index contributed by atoms with van der Waals surface area (Å²) in [6.45, 7) is 0. The number of carbonyl (C=O) groups is 1. The Hall–Kier alpha value is -0.840. The van der Waals surface area contributed by atoms with E-state index in [4.69, 9.17) is 11.6 Å². The van der Waals surface area contributed by atoms with Crippen molar-refractivity contribution in [2.45, 2.75) is 0 Å². The molecular formula is C13H8Br2ClNO. The number of anilines is 1. The van der Waals surface area contributed by atoms with E-state index in [1.54, 1.807) is 30.3 Å². The Kier molecular flexibility index (Phi) is 4.43. The largest absolute Gasteiger partial charge is 0.321 e. The molecule has 0 saturated heterocycles. The molecule has 92 valence electrons. The molecule has 0 spiro atoms. The minimum absolute atomic E-state index is 0.181. The first-order valence-corrected chi connectivity index (χ1v) is 7.05. The first-order valence-electron chi connectivity index (χ1n) is 5.09. The Morgan fingerprint density at radius 2 is 1.83 bits per heavy atom. The highest BCUT2D eigenvalue weighted by Crippen LogP contribution is 2.30. The van der Waals surface area contributed by atoms with Crippen LogP contribution in [-0.2, 0) is 0 Å². The standard InChI is InChI=1S/C13H8Br2ClNO/c14-9-4-1-3-8(7-9)13(18)17-11-6-2-5-10(16)12(11)15/h1-7H,(H,17,18). The molecule has 18 heavy (non-hydrogen) atoms.